The van der Waals surface area contributed by atoms with Crippen molar-refractivity contribution in [2.45, 2.75) is 56.9 Å². The van der Waals surface area contributed by atoms with Gasteiger partial charge in [0.05, 0.1) is 4.90 Å². The molecule has 2 aromatic rings. The Hall–Kier alpha value is -2.38. The van der Waals surface area contributed by atoms with E-state index in [9.17, 15) is 13.2 Å². The summed E-state index contributed by atoms with van der Waals surface area (Å²) in [7, 11) is 0.194. The number of aryl methyl sites for hydroxylation is 1. The molecule has 1 aliphatic heterocycles. The summed E-state index contributed by atoms with van der Waals surface area (Å²) >= 11 is 0. The Balaban J connectivity index is 1.75. The number of rotatable bonds is 5. The third kappa shape index (κ3) is 5.51. The van der Waals surface area contributed by atoms with E-state index in [4.69, 9.17) is 0 Å². The fraction of sp³-hybridized carbons (Fsp3) is 0.480. The SMILES string of the molecule is Cc1ccc(C(C)(C)C)cc1S(=O)(=O)Nc1ccc(C(=O)N(C)C2CCN(C)CC2)cc1. The van der Waals surface area contributed by atoms with Gasteiger partial charge in [-0.15, -0.1) is 0 Å². The van der Waals surface area contributed by atoms with Crippen molar-refractivity contribution in [2.24, 2.45) is 0 Å². The van der Waals surface area contributed by atoms with Crippen LogP contribution in [0.25, 0.3) is 0 Å². The lowest BCUT2D eigenvalue weighted by atomic mass is 9.87. The van der Waals surface area contributed by atoms with Crippen LogP contribution in [-0.2, 0) is 15.4 Å². The average Bonchev–Trinajstić information content (AvgIpc) is 2.73. The third-order valence-electron chi connectivity index (χ3n) is 6.28. The van der Waals surface area contributed by atoms with Crippen molar-refractivity contribution < 1.29 is 13.2 Å². The molecule has 0 radical (unpaired) electrons. The Morgan fingerprint density at radius 2 is 1.66 bits per heavy atom. The maximum atomic E-state index is 13.1. The third-order valence-corrected chi connectivity index (χ3v) is 7.81. The summed E-state index contributed by atoms with van der Waals surface area (Å²) in [6, 6.07) is 12.5. The molecular formula is C25H35N3O3S. The second kappa shape index (κ2) is 9.24. The Bertz CT molecular complexity index is 1060. The zero-order valence-corrected chi connectivity index (χ0v) is 20.8. The van der Waals surface area contributed by atoms with Crippen molar-refractivity contribution in [3.8, 4) is 0 Å². The maximum absolute atomic E-state index is 13.1. The first-order valence-corrected chi connectivity index (χ1v) is 12.6. The predicted molar refractivity (Wildman–Crippen MR) is 130 cm³/mol. The second-order valence-corrected chi connectivity index (χ2v) is 11.5. The highest BCUT2D eigenvalue weighted by atomic mass is 32.2. The topological polar surface area (TPSA) is 69.7 Å². The van der Waals surface area contributed by atoms with E-state index in [0.717, 1.165) is 31.5 Å². The molecule has 0 atom stereocenters. The number of nitrogens with one attached hydrogen (secondary N) is 1. The highest BCUT2D eigenvalue weighted by Gasteiger charge is 2.25. The molecule has 1 saturated heterocycles. The summed E-state index contributed by atoms with van der Waals surface area (Å²) in [5.74, 6) is -0.0392. The van der Waals surface area contributed by atoms with E-state index in [2.05, 4.69) is 37.4 Å². The van der Waals surface area contributed by atoms with Crippen LogP contribution in [0.15, 0.2) is 47.4 Å². The van der Waals surface area contributed by atoms with Crippen LogP contribution < -0.4 is 4.72 Å². The molecule has 0 spiro atoms. The van der Waals surface area contributed by atoms with Crippen LogP contribution in [0, 0.1) is 6.92 Å². The van der Waals surface area contributed by atoms with E-state index in [1.807, 2.05) is 24.1 Å². The molecule has 0 bridgehead atoms. The van der Waals surface area contributed by atoms with Gasteiger partial charge in [0.1, 0.15) is 0 Å². The molecule has 0 aromatic heterocycles. The number of carbonyl (C=O) groups is 1. The smallest absolute Gasteiger partial charge is 0.262 e. The standard InChI is InChI=1S/C25H35N3O3S/c1-18-7-10-20(25(2,3)4)17-23(18)32(30,31)26-21-11-8-19(9-12-21)24(29)28(6)22-13-15-27(5)16-14-22/h7-12,17,22,26H,13-16H2,1-6H3. The summed E-state index contributed by atoms with van der Waals surface area (Å²) < 4.78 is 28.8. The summed E-state index contributed by atoms with van der Waals surface area (Å²) in [6.07, 6.45) is 1.92. The predicted octanol–water partition coefficient (Wildman–Crippen LogP) is 4.26. The Kier molecular flexibility index (Phi) is 7.00. The van der Waals surface area contributed by atoms with Gasteiger partial charge in [-0.2, -0.15) is 0 Å². The molecule has 0 saturated carbocycles. The summed E-state index contributed by atoms with van der Waals surface area (Å²) in [4.78, 5) is 17.2. The lowest BCUT2D eigenvalue weighted by Gasteiger charge is -2.35. The van der Waals surface area contributed by atoms with E-state index in [0.29, 0.717) is 16.8 Å². The average molecular weight is 458 g/mol. The largest absolute Gasteiger partial charge is 0.339 e. The van der Waals surface area contributed by atoms with Crippen molar-refractivity contribution in [1.29, 1.82) is 0 Å². The van der Waals surface area contributed by atoms with Crippen LogP contribution in [0.2, 0.25) is 0 Å². The summed E-state index contributed by atoms with van der Waals surface area (Å²) in [5.41, 5.74) is 2.49. The number of amides is 1. The van der Waals surface area contributed by atoms with Gasteiger partial charge in [0.2, 0.25) is 0 Å². The van der Waals surface area contributed by atoms with E-state index >= 15 is 0 Å². The molecule has 2 aromatic carbocycles. The number of anilines is 1. The van der Waals surface area contributed by atoms with Crippen molar-refractivity contribution in [1.82, 2.24) is 9.80 Å². The molecule has 1 N–H and O–H groups in total. The molecular weight excluding hydrogens is 422 g/mol. The van der Waals surface area contributed by atoms with Gasteiger partial charge in [0.15, 0.2) is 0 Å². The minimum absolute atomic E-state index is 0.0392. The van der Waals surface area contributed by atoms with Gasteiger partial charge >= 0.3 is 0 Å². The first-order chi connectivity index (χ1) is 14.9. The Morgan fingerprint density at radius 3 is 2.22 bits per heavy atom. The van der Waals surface area contributed by atoms with Gasteiger partial charge in [-0.3, -0.25) is 9.52 Å². The highest BCUT2D eigenvalue weighted by molar-refractivity contribution is 7.92. The number of nitrogens with zero attached hydrogens (tertiary/aromatic N) is 2. The molecule has 0 aliphatic carbocycles. The summed E-state index contributed by atoms with van der Waals surface area (Å²) in [6.45, 7) is 9.93. The zero-order valence-electron chi connectivity index (χ0n) is 20.0. The number of carbonyl (C=O) groups excluding carboxylic acids is 1. The number of piperidine rings is 1. The minimum atomic E-state index is -3.75. The molecule has 1 heterocycles. The maximum Gasteiger partial charge on any atom is 0.262 e. The lowest BCUT2D eigenvalue weighted by molar-refractivity contribution is 0.0659. The van der Waals surface area contributed by atoms with Crippen LogP contribution >= 0.6 is 0 Å². The number of hydrogen-bond donors (Lipinski definition) is 1. The van der Waals surface area contributed by atoms with Crippen molar-refractivity contribution in [3.05, 3.63) is 59.2 Å². The minimum Gasteiger partial charge on any atom is -0.339 e. The van der Waals surface area contributed by atoms with Gasteiger partial charge < -0.3 is 9.80 Å². The van der Waals surface area contributed by atoms with E-state index in [1.54, 1.807) is 37.3 Å². The van der Waals surface area contributed by atoms with Crippen LogP contribution in [0.4, 0.5) is 5.69 Å². The normalized spacial score (nSPS) is 16.1. The van der Waals surface area contributed by atoms with E-state index in [-0.39, 0.29) is 22.3 Å². The van der Waals surface area contributed by atoms with Gasteiger partial charge in [0.25, 0.3) is 15.9 Å². The number of likely N-dealkylation sites (tertiary alicyclic amines) is 1. The van der Waals surface area contributed by atoms with Crippen LogP contribution in [0.5, 0.6) is 0 Å². The Labute approximate surface area is 192 Å². The number of benzene rings is 2. The fourth-order valence-electron chi connectivity index (χ4n) is 4.00. The quantitative estimate of drug-likeness (QED) is 0.728. The van der Waals surface area contributed by atoms with Gasteiger partial charge in [-0.25, -0.2) is 8.42 Å². The lowest BCUT2D eigenvalue weighted by Crippen LogP contribution is -2.44. The molecule has 1 fully saturated rings. The van der Waals surface area contributed by atoms with Crippen molar-refractivity contribution in [2.75, 3.05) is 31.9 Å². The van der Waals surface area contributed by atoms with E-state index < -0.39 is 10.0 Å². The van der Waals surface area contributed by atoms with E-state index in [1.165, 1.54) is 0 Å². The van der Waals surface area contributed by atoms with Gasteiger partial charge in [-0.05, 0) is 86.8 Å². The van der Waals surface area contributed by atoms with Crippen LogP contribution in [-0.4, -0.2) is 57.4 Å². The van der Waals surface area contributed by atoms with Crippen molar-refractivity contribution >= 4 is 21.6 Å². The molecule has 174 valence electrons. The molecule has 7 heteroatoms. The monoisotopic (exact) mass is 457 g/mol. The molecule has 3 rings (SSSR count). The van der Waals surface area contributed by atoms with Gasteiger partial charge in [-0.1, -0.05) is 32.9 Å². The van der Waals surface area contributed by atoms with Gasteiger partial charge in [0, 0.05) is 24.3 Å². The molecule has 32 heavy (non-hydrogen) atoms. The molecule has 1 aliphatic rings. The fourth-order valence-corrected chi connectivity index (χ4v) is 5.33. The molecule has 6 nitrogen and oxygen atoms in total. The van der Waals surface area contributed by atoms with Crippen LogP contribution in [0.3, 0.4) is 0 Å². The second-order valence-electron chi connectivity index (χ2n) is 9.86. The Morgan fingerprint density at radius 1 is 1.06 bits per heavy atom. The van der Waals surface area contributed by atoms with Crippen molar-refractivity contribution in [3.63, 3.8) is 0 Å². The molecule has 0 unspecified atom stereocenters. The first-order valence-electron chi connectivity index (χ1n) is 11.1. The molecule has 1 amide bonds. The zero-order chi connectivity index (χ0) is 23.7. The highest BCUT2D eigenvalue weighted by Crippen LogP contribution is 2.28. The number of hydrogen-bond acceptors (Lipinski definition) is 4. The van der Waals surface area contributed by atoms with Crippen LogP contribution in [0.1, 0.15) is 55.1 Å². The summed E-state index contributed by atoms with van der Waals surface area (Å²) in [5, 5.41) is 0. The number of sulfonamides is 1. The first kappa shape index (κ1) is 24.3.